The summed E-state index contributed by atoms with van der Waals surface area (Å²) in [7, 11) is -7.73. The standard InChI is InChI=1S/C29H29ClN4O6S2/c1-22-7-13-27(14-8-22)41(36,37)32-20-26-12-11-25(40-26)19-31-33-29(35)21-34(18-17-23-5-3-2-4-6-23)42(38,39)28-15-9-24(30)10-16-28/h2-16,19,32H,17-18,20-21H2,1H3,(H,33,35)/b31-19-. The zero-order valence-corrected chi connectivity index (χ0v) is 25.0. The maximum Gasteiger partial charge on any atom is 0.255 e. The van der Waals surface area contributed by atoms with Crippen LogP contribution < -0.4 is 10.1 Å². The minimum atomic E-state index is -4.01. The Hall–Kier alpha value is -3.81. The zero-order chi connectivity index (χ0) is 30.2. The summed E-state index contributed by atoms with van der Waals surface area (Å²) in [6, 6.07) is 24.6. The van der Waals surface area contributed by atoms with Crippen LogP contribution in [-0.4, -0.2) is 46.4 Å². The van der Waals surface area contributed by atoms with Gasteiger partial charge in [-0.2, -0.15) is 9.41 Å². The molecule has 1 aromatic heterocycles. The van der Waals surface area contributed by atoms with Gasteiger partial charge in [-0.05, 0) is 67.4 Å². The molecule has 0 saturated heterocycles. The molecule has 42 heavy (non-hydrogen) atoms. The minimum Gasteiger partial charge on any atom is -0.459 e. The van der Waals surface area contributed by atoms with Crippen molar-refractivity contribution in [1.82, 2.24) is 14.5 Å². The van der Waals surface area contributed by atoms with E-state index < -0.39 is 32.5 Å². The van der Waals surface area contributed by atoms with Crippen molar-refractivity contribution in [2.24, 2.45) is 5.10 Å². The van der Waals surface area contributed by atoms with E-state index >= 15 is 0 Å². The summed E-state index contributed by atoms with van der Waals surface area (Å²) in [5.41, 5.74) is 4.18. The van der Waals surface area contributed by atoms with E-state index in [1.165, 1.54) is 42.6 Å². The predicted octanol–water partition coefficient (Wildman–Crippen LogP) is 4.10. The highest BCUT2D eigenvalue weighted by Crippen LogP contribution is 2.19. The van der Waals surface area contributed by atoms with Gasteiger partial charge in [-0.1, -0.05) is 59.6 Å². The average Bonchev–Trinajstić information content (AvgIpc) is 3.43. The van der Waals surface area contributed by atoms with Gasteiger partial charge in [0.05, 0.1) is 29.1 Å². The second kappa shape index (κ2) is 13.9. The van der Waals surface area contributed by atoms with Gasteiger partial charge in [0, 0.05) is 11.6 Å². The molecule has 0 bridgehead atoms. The number of nitrogens with one attached hydrogen (secondary N) is 2. The number of amides is 1. The lowest BCUT2D eigenvalue weighted by Gasteiger charge is -2.21. The predicted molar refractivity (Wildman–Crippen MR) is 160 cm³/mol. The molecular weight excluding hydrogens is 600 g/mol. The molecule has 0 unspecified atom stereocenters. The molecule has 0 radical (unpaired) electrons. The molecular formula is C29H29ClN4O6S2. The van der Waals surface area contributed by atoms with Crippen molar-refractivity contribution >= 4 is 43.8 Å². The fourth-order valence-corrected chi connectivity index (χ4v) is 6.34. The molecule has 4 aromatic rings. The summed E-state index contributed by atoms with van der Waals surface area (Å²) in [4.78, 5) is 12.9. The maximum absolute atomic E-state index is 13.3. The molecule has 1 heterocycles. The lowest BCUT2D eigenvalue weighted by atomic mass is 10.1. The van der Waals surface area contributed by atoms with Crippen LogP contribution in [-0.2, 0) is 37.8 Å². The van der Waals surface area contributed by atoms with Gasteiger partial charge in [-0.15, -0.1) is 0 Å². The molecule has 1 amide bonds. The van der Waals surface area contributed by atoms with Gasteiger partial charge in [0.15, 0.2) is 0 Å². The zero-order valence-electron chi connectivity index (χ0n) is 22.6. The normalized spacial score (nSPS) is 12.2. The minimum absolute atomic E-state index is 0.0115. The first kappa shape index (κ1) is 31.1. The van der Waals surface area contributed by atoms with Crippen molar-refractivity contribution in [3.8, 4) is 0 Å². The first-order chi connectivity index (χ1) is 20.0. The van der Waals surface area contributed by atoms with Crippen molar-refractivity contribution in [2.45, 2.75) is 29.7 Å². The Morgan fingerprint density at radius 1 is 0.905 bits per heavy atom. The maximum atomic E-state index is 13.3. The number of sulfonamides is 2. The van der Waals surface area contributed by atoms with Crippen molar-refractivity contribution in [3.05, 3.63) is 119 Å². The van der Waals surface area contributed by atoms with E-state index in [1.807, 2.05) is 37.3 Å². The number of carbonyl (C=O) groups is 1. The lowest BCUT2D eigenvalue weighted by molar-refractivity contribution is -0.121. The smallest absolute Gasteiger partial charge is 0.255 e. The van der Waals surface area contributed by atoms with Gasteiger partial charge in [-0.25, -0.2) is 27.0 Å². The largest absolute Gasteiger partial charge is 0.459 e. The number of nitrogens with zero attached hydrogens (tertiary/aromatic N) is 2. The Bertz CT molecular complexity index is 1740. The molecule has 3 aromatic carbocycles. The molecule has 0 spiro atoms. The highest BCUT2D eigenvalue weighted by molar-refractivity contribution is 7.89. The van der Waals surface area contributed by atoms with Crippen molar-refractivity contribution < 1.29 is 26.0 Å². The Morgan fingerprint density at radius 2 is 1.57 bits per heavy atom. The van der Waals surface area contributed by atoms with E-state index in [0.29, 0.717) is 17.2 Å². The summed E-state index contributed by atoms with van der Waals surface area (Å²) in [6.07, 6.45) is 1.63. The van der Waals surface area contributed by atoms with Gasteiger partial charge >= 0.3 is 0 Å². The topological polar surface area (TPSA) is 138 Å². The highest BCUT2D eigenvalue weighted by Gasteiger charge is 2.26. The van der Waals surface area contributed by atoms with E-state index in [1.54, 1.807) is 24.3 Å². The van der Waals surface area contributed by atoms with Gasteiger partial charge in [0.25, 0.3) is 5.91 Å². The number of carbonyl (C=O) groups excluding carboxylic acids is 1. The quantitative estimate of drug-likeness (QED) is 0.169. The second-order valence-corrected chi connectivity index (χ2v) is 13.4. The van der Waals surface area contributed by atoms with Crippen LogP contribution >= 0.6 is 11.6 Å². The van der Waals surface area contributed by atoms with Crippen molar-refractivity contribution in [2.75, 3.05) is 13.1 Å². The first-order valence-electron chi connectivity index (χ1n) is 12.8. The average molecular weight is 629 g/mol. The monoisotopic (exact) mass is 628 g/mol. The number of hydrogen-bond acceptors (Lipinski definition) is 7. The number of halogens is 1. The molecule has 0 aliphatic rings. The van der Waals surface area contributed by atoms with Crippen LogP contribution in [0.4, 0.5) is 0 Å². The van der Waals surface area contributed by atoms with Crippen LogP contribution in [0.15, 0.2) is 110 Å². The molecule has 0 atom stereocenters. The van der Waals surface area contributed by atoms with Crippen LogP contribution in [0.1, 0.15) is 22.6 Å². The Labute approximate surface area is 250 Å². The summed E-state index contributed by atoms with van der Waals surface area (Å²) < 4.78 is 60.8. The second-order valence-electron chi connectivity index (χ2n) is 9.26. The molecule has 0 saturated carbocycles. The van der Waals surface area contributed by atoms with Crippen molar-refractivity contribution in [1.29, 1.82) is 0 Å². The molecule has 10 nitrogen and oxygen atoms in total. The molecule has 4 rings (SSSR count). The van der Waals surface area contributed by atoms with Crippen molar-refractivity contribution in [3.63, 3.8) is 0 Å². The van der Waals surface area contributed by atoms with Gasteiger partial charge in [0.1, 0.15) is 11.5 Å². The third kappa shape index (κ3) is 8.60. The van der Waals surface area contributed by atoms with Gasteiger partial charge < -0.3 is 4.42 Å². The number of furan rings is 1. The third-order valence-corrected chi connectivity index (χ3v) is 9.62. The van der Waals surface area contributed by atoms with Gasteiger partial charge in [-0.3, -0.25) is 4.79 Å². The Kier molecular flexibility index (Phi) is 10.3. The number of hydrazone groups is 1. The fourth-order valence-electron chi connectivity index (χ4n) is 3.83. The molecule has 2 N–H and O–H groups in total. The summed E-state index contributed by atoms with van der Waals surface area (Å²) in [5, 5.41) is 4.25. The molecule has 0 aliphatic heterocycles. The summed E-state index contributed by atoms with van der Waals surface area (Å²) >= 11 is 5.92. The third-order valence-electron chi connectivity index (χ3n) is 6.10. The number of hydrogen-bond donors (Lipinski definition) is 2. The van der Waals surface area contributed by atoms with Crippen LogP contribution in [0.25, 0.3) is 0 Å². The number of benzene rings is 3. The molecule has 0 fully saturated rings. The number of rotatable bonds is 13. The van der Waals surface area contributed by atoms with Crippen LogP contribution in [0.2, 0.25) is 5.02 Å². The Morgan fingerprint density at radius 3 is 2.26 bits per heavy atom. The SMILES string of the molecule is Cc1ccc(S(=O)(=O)NCc2ccc(/C=N\NC(=O)CN(CCc3ccccc3)S(=O)(=O)c3ccc(Cl)cc3)o2)cc1. The highest BCUT2D eigenvalue weighted by atomic mass is 35.5. The van der Waals surface area contributed by atoms with E-state index in [2.05, 4.69) is 15.2 Å². The van der Waals surface area contributed by atoms with E-state index in [9.17, 15) is 21.6 Å². The number of aryl methyl sites for hydroxylation is 1. The Balaban J connectivity index is 1.36. The van der Waals surface area contributed by atoms with Crippen LogP contribution in [0.3, 0.4) is 0 Å². The molecule has 0 aliphatic carbocycles. The molecule has 13 heteroatoms. The van der Waals surface area contributed by atoms with Crippen LogP contribution in [0.5, 0.6) is 0 Å². The fraction of sp³-hybridized carbons (Fsp3) is 0.172. The van der Waals surface area contributed by atoms with E-state index in [4.69, 9.17) is 16.0 Å². The summed E-state index contributed by atoms with van der Waals surface area (Å²) in [5.74, 6) is -0.0661. The molecule has 220 valence electrons. The van der Waals surface area contributed by atoms with Crippen LogP contribution in [0, 0.1) is 6.92 Å². The van der Waals surface area contributed by atoms with E-state index in [-0.39, 0.29) is 28.6 Å². The first-order valence-corrected chi connectivity index (χ1v) is 16.1. The summed E-state index contributed by atoms with van der Waals surface area (Å²) in [6.45, 7) is 1.37. The van der Waals surface area contributed by atoms with Gasteiger partial charge in [0.2, 0.25) is 20.0 Å². The van der Waals surface area contributed by atoms with E-state index in [0.717, 1.165) is 15.4 Å². The lowest BCUT2D eigenvalue weighted by Crippen LogP contribution is -2.40.